The van der Waals surface area contributed by atoms with Gasteiger partial charge in [0.15, 0.2) is 0 Å². The fourth-order valence-corrected chi connectivity index (χ4v) is 3.13. The van der Waals surface area contributed by atoms with Crippen molar-refractivity contribution in [3.05, 3.63) is 51.7 Å². The molecular formula is C18H26N2S. The van der Waals surface area contributed by atoms with Crippen molar-refractivity contribution < 1.29 is 0 Å². The summed E-state index contributed by atoms with van der Waals surface area (Å²) >= 11 is 1.84. The smallest absolute Gasteiger partial charge is 0.0393 e. The normalized spacial score (nSPS) is 11.1. The SMILES string of the molecule is Cc1cc(CNC(C)C)ccc1N(C)CCc1cccs1. The highest BCUT2D eigenvalue weighted by Crippen LogP contribution is 2.21. The maximum atomic E-state index is 3.47. The Bertz CT molecular complexity index is 546. The second-order valence-electron chi connectivity index (χ2n) is 5.91. The van der Waals surface area contributed by atoms with Crippen LogP contribution in [0.5, 0.6) is 0 Å². The zero-order valence-corrected chi connectivity index (χ0v) is 14.3. The molecule has 0 saturated carbocycles. The number of likely N-dealkylation sites (N-methyl/N-ethyl adjacent to an activating group) is 1. The van der Waals surface area contributed by atoms with Gasteiger partial charge >= 0.3 is 0 Å². The second kappa shape index (κ2) is 7.62. The van der Waals surface area contributed by atoms with E-state index in [9.17, 15) is 0 Å². The van der Waals surface area contributed by atoms with Gasteiger partial charge in [-0.3, -0.25) is 0 Å². The molecule has 1 heterocycles. The molecule has 0 spiro atoms. The summed E-state index contributed by atoms with van der Waals surface area (Å²) in [7, 11) is 2.18. The summed E-state index contributed by atoms with van der Waals surface area (Å²) < 4.78 is 0. The van der Waals surface area contributed by atoms with E-state index in [1.165, 1.54) is 21.7 Å². The van der Waals surface area contributed by atoms with Gasteiger partial charge in [-0.15, -0.1) is 11.3 Å². The van der Waals surface area contributed by atoms with Crippen molar-refractivity contribution in [2.24, 2.45) is 0 Å². The third-order valence-corrected chi connectivity index (χ3v) is 4.60. The number of nitrogens with zero attached hydrogens (tertiary/aromatic N) is 1. The van der Waals surface area contributed by atoms with Crippen LogP contribution >= 0.6 is 11.3 Å². The molecule has 0 unspecified atom stereocenters. The highest BCUT2D eigenvalue weighted by molar-refractivity contribution is 7.09. The summed E-state index contributed by atoms with van der Waals surface area (Å²) in [4.78, 5) is 3.81. The van der Waals surface area contributed by atoms with E-state index >= 15 is 0 Å². The Morgan fingerprint density at radius 2 is 2.05 bits per heavy atom. The Morgan fingerprint density at radius 1 is 1.24 bits per heavy atom. The van der Waals surface area contributed by atoms with Gasteiger partial charge in [0.05, 0.1) is 0 Å². The van der Waals surface area contributed by atoms with Crippen molar-refractivity contribution in [1.82, 2.24) is 5.32 Å². The number of benzene rings is 1. The van der Waals surface area contributed by atoms with E-state index in [4.69, 9.17) is 0 Å². The molecule has 1 aromatic heterocycles. The largest absolute Gasteiger partial charge is 0.374 e. The Labute approximate surface area is 132 Å². The molecule has 0 radical (unpaired) electrons. The van der Waals surface area contributed by atoms with Crippen LogP contribution in [-0.4, -0.2) is 19.6 Å². The summed E-state index contributed by atoms with van der Waals surface area (Å²) in [5.41, 5.74) is 4.04. The van der Waals surface area contributed by atoms with Crippen LogP contribution in [0.4, 0.5) is 5.69 Å². The van der Waals surface area contributed by atoms with Crippen molar-refractivity contribution in [2.45, 2.75) is 39.8 Å². The van der Waals surface area contributed by atoms with Gasteiger partial charge in [-0.2, -0.15) is 0 Å². The standard InChI is InChI=1S/C18H26N2S/c1-14(2)19-13-16-7-8-18(15(3)12-16)20(4)10-9-17-6-5-11-21-17/h5-8,11-12,14,19H,9-10,13H2,1-4H3. The maximum absolute atomic E-state index is 3.47. The number of thiophene rings is 1. The van der Waals surface area contributed by atoms with Gasteiger partial charge in [0.25, 0.3) is 0 Å². The van der Waals surface area contributed by atoms with Gasteiger partial charge in [-0.1, -0.05) is 32.0 Å². The number of nitrogens with one attached hydrogen (secondary N) is 1. The first kappa shape index (κ1) is 16.1. The van der Waals surface area contributed by atoms with Crippen LogP contribution in [-0.2, 0) is 13.0 Å². The first-order valence-corrected chi connectivity index (χ1v) is 8.50. The van der Waals surface area contributed by atoms with Crippen LogP contribution in [0.1, 0.15) is 29.9 Å². The van der Waals surface area contributed by atoms with E-state index in [0.29, 0.717) is 6.04 Å². The third kappa shape index (κ3) is 4.87. The highest BCUT2D eigenvalue weighted by Gasteiger charge is 2.06. The summed E-state index contributed by atoms with van der Waals surface area (Å²) in [5, 5.41) is 5.62. The van der Waals surface area contributed by atoms with E-state index in [2.05, 4.69) is 73.7 Å². The maximum Gasteiger partial charge on any atom is 0.0393 e. The molecule has 2 aromatic rings. The number of hydrogen-bond acceptors (Lipinski definition) is 3. The van der Waals surface area contributed by atoms with E-state index in [-0.39, 0.29) is 0 Å². The Kier molecular flexibility index (Phi) is 5.83. The molecule has 0 aliphatic rings. The van der Waals surface area contributed by atoms with Crippen LogP contribution in [0.15, 0.2) is 35.7 Å². The molecule has 0 saturated heterocycles. The Morgan fingerprint density at radius 3 is 2.67 bits per heavy atom. The molecule has 2 nitrogen and oxygen atoms in total. The molecule has 1 aromatic carbocycles. The van der Waals surface area contributed by atoms with Gasteiger partial charge in [-0.05, 0) is 42.0 Å². The van der Waals surface area contributed by atoms with Gasteiger partial charge in [0.2, 0.25) is 0 Å². The number of aryl methyl sites for hydroxylation is 1. The van der Waals surface area contributed by atoms with Crippen LogP contribution < -0.4 is 10.2 Å². The first-order valence-electron chi connectivity index (χ1n) is 7.62. The predicted octanol–water partition coefficient (Wildman–Crippen LogP) is 4.23. The minimum Gasteiger partial charge on any atom is -0.374 e. The molecule has 0 fully saturated rings. The molecule has 0 aliphatic heterocycles. The highest BCUT2D eigenvalue weighted by atomic mass is 32.1. The van der Waals surface area contributed by atoms with Crippen LogP contribution in [0.25, 0.3) is 0 Å². The lowest BCUT2D eigenvalue weighted by Crippen LogP contribution is -2.23. The van der Waals surface area contributed by atoms with Gasteiger partial charge in [0, 0.05) is 36.7 Å². The van der Waals surface area contributed by atoms with Gasteiger partial charge < -0.3 is 10.2 Å². The molecule has 0 bridgehead atoms. The van der Waals surface area contributed by atoms with E-state index in [0.717, 1.165) is 19.5 Å². The zero-order valence-electron chi connectivity index (χ0n) is 13.5. The van der Waals surface area contributed by atoms with Crippen LogP contribution in [0.2, 0.25) is 0 Å². The van der Waals surface area contributed by atoms with Crippen molar-refractivity contribution in [3.8, 4) is 0 Å². The average Bonchev–Trinajstić information content (AvgIpc) is 2.96. The second-order valence-corrected chi connectivity index (χ2v) is 6.94. The third-order valence-electron chi connectivity index (χ3n) is 3.66. The predicted molar refractivity (Wildman–Crippen MR) is 94.4 cm³/mol. The quantitative estimate of drug-likeness (QED) is 0.823. The fraction of sp³-hybridized carbons (Fsp3) is 0.444. The first-order chi connectivity index (χ1) is 10.1. The van der Waals surface area contributed by atoms with Crippen molar-refractivity contribution in [1.29, 1.82) is 0 Å². The number of anilines is 1. The van der Waals surface area contributed by atoms with Crippen molar-refractivity contribution in [2.75, 3.05) is 18.5 Å². The molecule has 0 aliphatic carbocycles. The molecule has 114 valence electrons. The lowest BCUT2D eigenvalue weighted by Gasteiger charge is -2.22. The lowest BCUT2D eigenvalue weighted by molar-refractivity contribution is 0.588. The molecule has 21 heavy (non-hydrogen) atoms. The molecule has 0 amide bonds. The minimum absolute atomic E-state index is 0.526. The lowest BCUT2D eigenvalue weighted by atomic mass is 10.1. The minimum atomic E-state index is 0.526. The molecule has 0 atom stereocenters. The van der Waals surface area contributed by atoms with E-state index in [1.807, 2.05) is 11.3 Å². The average molecular weight is 302 g/mol. The van der Waals surface area contributed by atoms with Gasteiger partial charge in [-0.25, -0.2) is 0 Å². The van der Waals surface area contributed by atoms with Crippen LogP contribution in [0, 0.1) is 6.92 Å². The van der Waals surface area contributed by atoms with Crippen LogP contribution in [0.3, 0.4) is 0 Å². The van der Waals surface area contributed by atoms with Crippen molar-refractivity contribution in [3.63, 3.8) is 0 Å². The van der Waals surface area contributed by atoms with Gasteiger partial charge in [0.1, 0.15) is 0 Å². The fourth-order valence-electron chi connectivity index (χ4n) is 2.43. The topological polar surface area (TPSA) is 15.3 Å². The monoisotopic (exact) mass is 302 g/mol. The molecular weight excluding hydrogens is 276 g/mol. The van der Waals surface area contributed by atoms with E-state index in [1.54, 1.807) is 0 Å². The molecule has 1 N–H and O–H groups in total. The Balaban J connectivity index is 1.95. The van der Waals surface area contributed by atoms with Crippen molar-refractivity contribution >= 4 is 17.0 Å². The molecule has 3 heteroatoms. The Hall–Kier alpha value is -1.32. The zero-order chi connectivity index (χ0) is 15.2. The van der Waals surface area contributed by atoms with E-state index < -0.39 is 0 Å². The molecule has 2 rings (SSSR count). The number of hydrogen-bond donors (Lipinski definition) is 1. The number of rotatable bonds is 7. The summed E-state index contributed by atoms with van der Waals surface area (Å²) in [5.74, 6) is 0. The summed E-state index contributed by atoms with van der Waals surface area (Å²) in [6, 6.07) is 11.7. The summed E-state index contributed by atoms with van der Waals surface area (Å²) in [6.07, 6.45) is 1.12. The summed E-state index contributed by atoms with van der Waals surface area (Å²) in [6.45, 7) is 8.57.